The summed E-state index contributed by atoms with van der Waals surface area (Å²) in [7, 11) is 0. The number of alkyl halides is 3. The SMILES string of the molecule is O[C@H]1CCN(c2cc(-c3ccc(C(F)(F)F)nc3)n3nc(-c4ccccc4Cl)c(-c4ccc(Cl)cc4)c3n2)C1. The number of aliphatic hydroxyl groups excluding tert-OH is 1. The zero-order valence-electron chi connectivity index (χ0n) is 20.2. The van der Waals surface area contributed by atoms with Crippen molar-refractivity contribution in [3.05, 3.63) is 88.7 Å². The van der Waals surface area contributed by atoms with Crippen LogP contribution in [0.15, 0.2) is 72.9 Å². The van der Waals surface area contributed by atoms with Gasteiger partial charge < -0.3 is 10.0 Å². The predicted molar refractivity (Wildman–Crippen MR) is 145 cm³/mol. The first-order valence-corrected chi connectivity index (χ1v) is 12.9. The highest BCUT2D eigenvalue weighted by Gasteiger charge is 2.32. The summed E-state index contributed by atoms with van der Waals surface area (Å²) in [4.78, 5) is 10.6. The third-order valence-corrected chi connectivity index (χ3v) is 7.26. The van der Waals surface area contributed by atoms with Crippen molar-refractivity contribution in [1.82, 2.24) is 19.6 Å². The summed E-state index contributed by atoms with van der Waals surface area (Å²) in [5.41, 5.74) is 3.09. The highest BCUT2D eigenvalue weighted by Crippen LogP contribution is 2.40. The van der Waals surface area contributed by atoms with Crippen LogP contribution in [0.2, 0.25) is 10.0 Å². The van der Waals surface area contributed by atoms with Gasteiger partial charge in [-0.25, -0.2) is 9.50 Å². The number of rotatable bonds is 4. The van der Waals surface area contributed by atoms with Crippen LogP contribution in [0, 0.1) is 0 Å². The summed E-state index contributed by atoms with van der Waals surface area (Å²) >= 11 is 12.8. The molecule has 1 fully saturated rings. The molecule has 0 spiro atoms. The Morgan fingerprint density at radius 1 is 0.949 bits per heavy atom. The summed E-state index contributed by atoms with van der Waals surface area (Å²) < 4.78 is 41.3. The maximum absolute atomic E-state index is 13.2. The van der Waals surface area contributed by atoms with Gasteiger partial charge in [0.15, 0.2) is 5.65 Å². The topological polar surface area (TPSA) is 66.5 Å². The molecule has 1 N–H and O–H groups in total. The quantitative estimate of drug-likeness (QED) is 0.252. The van der Waals surface area contributed by atoms with Crippen LogP contribution in [0.5, 0.6) is 0 Å². The second-order valence-electron chi connectivity index (χ2n) is 9.26. The number of fused-ring (bicyclic) bond motifs is 1. The van der Waals surface area contributed by atoms with E-state index in [9.17, 15) is 18.3 Å². The number of pyridine rings is 1. The van der Waals surface area contributed by atoms with Crippen molar-refractivity contribution in [2.75, 3.05) is 18.0 Å². The summed E-state index contributed by atoms with van der Waals surface area (Å²) in [6.07, 6.45) is -3.30. The normalized spacial score (nSPS) is 15.8. The number of benzene rings is 2. The minimum absolute atomic E-state index is 0.385. The Morgan fingerprint density at radius 2 is 1.69 bits per heavy atom. The molecule has 0 saturated carbocycles. The van der Waals surface area contributed by atoms with Crippen LogP contribution in [0.1, 0.15) is 12.1 Å². The first kappa shape index (κ1) is 25.6. The molecular formula is C28H20Cl2F3N5O. The molecule has 0 radical (unpaired) electrons. The lowest BCUT2D eigenvalue weighted by atomic mass is 10.0. The molecule has 3 aromatic heterocycles. The Hall–Kier alpha value is -3.66. The lowest BCUT2D eigenvalue weighted by Gasteiger charge is -2.18. The van der Waals surface area contributed by atoms with Gasteiger partial charge in [-0.15, -0.1) is 0 Å². The predicted octanol–water partition coefficient (Wildman–Crippen LogP) is 7.02. The molecule has 6 nitrogen and oxygen atoms in total. The molecule has 4 heterocycles. The number of hydrogen-bond donors (Lipinski definition) is 1. The van der Waals surface area contributed by atoms with Gasteiger partial charge in [-0.2, -0.15) is 18.3 Å². The Balaban J connectivity index is 1.66. The van der Waals surface area contributed by atoms with Crippen molar-refractivity contribution in [2.24, 2.45) is 0 Å². The van der Waals surface area contributed by atoms with E-state index in [1.54, 1.807) is 28.8 Å². The zero-order chi connectivity index (χ0) is 27.3. The van der Waals surface area contributed by atoms with Gasteiger partial charge in [-0.3, -0.25) is 4.98 Å². The van der Waals surface area contributed by atoms with Crippen molar-refractivity contribution >= 4 is 34.7 Å². The van der Waals surface area contributed by atoms with Crippen LogP contribution in [0.4, 0.5) is 19.0 Å². The third kappa shape index (κ3) is 4.82. The molecule has 2 aromatic carbocycles. The molecule has 39 heavy (non-hydrogen) atoms. The average Bonchev–Trinajstić information content (AvgIpc) is 3.52. The molecule has 1 atom stereocenters. The Kier molecular flexibility index (Phi) is 6.45. The van der Waals surface area contributed by atoms with E-state index in [0.717, 1.165) is 11.6 Å². The molecule has 1 aliphatic heterocycles. The molecule has 198 valence electrons. The molecule has 0 aliphatic carbocycles. The summed E-state index contributed by atoms with van der Waals surface area (Å²) in [5, 5.41) is 16.1. The number of aromatic nitrogens is 4. The van der Waals surface area contributed by atoms with E-state index < -0.39 is 18.0 Å². The molecule has 0 unspecified atom stereocenters. The highest BCUT2D eigenvalue weighted by atomic mass is 35.5. The third-order valence-electron chi connectivity index (χ3n) is 6.67. The molecule has 1 saturated heterocycles. The highest BCUT2D eigenvalue weighted by molar-refractivity contribution is 6.33. The van der Waals surface area contributed by atoms with Crippen molar-refractivity contribution in [1.29, 1.82) is 0 Å². The minimum Gasteiger partial charge on any atom is -0.391 e. The molecular weight excluding hydrogens is 550 g/mol. The maximum atomic E-state index is 13.2. The number of nitrogens with zero attached hydrogens (tertiary/aromatic N) is 5. The standard InChI is InChI=1S/C28H20Cl2F3N5O/c29-18-8-5-16(6-9-18)25-26(20-3-1-2-4-21(20)30)36-38-22(17-7-10-23(34-14-17)28(31,32)33)13-24(35-27(25)38)37-12-11-19(39)15-37/h1-10,13-14,19,39H,11-12,15H2/t19-/m0/s1. The lowest BCUT2D eigenvalue weighted by molar-refractivity contribution is -0.141. The van der Waals surface area contributed by atoms with Gasteiger partial charge in [-0.1, -0.05) is 53.5 Å². The van der Waals surface area contributed by atoms with Crippen LogP contribution in [0.3, 0.4) is 0 Å². The smallest absolute Gasteiger partial charge is 0.391 e. The first-order valence-electron chi connectivity index (χ1n) is 12.1. The molecule has 5 aromatic rings. The van der Waals surface area contributed by atoms with Gasteiger partial charge in [0, 0.05) is 41.5 Å². The lowest BCUT2D eigenvalue weighted by Crippen LogP contribution is -2.22. The average molecular weight is 570 g/mol. The number of β-amino-alcohol motifs (C(OH)–C–C–N with tert-alkyl or cyclic N) is 1. The van der Waals surface area contributed by atoms with E-state index in [0.29, 0.717) is 69.1 Å². The summed E-state index contributed by atoms with van der Waals surface area (Å²) in [5.74, 6) is 0.565. The monoisotopic (exact) mass is 569 g/mol. The van der Waals surface area contributed by atoms with Gasteiger partial charge in [-0.05, 0) is 42.3 Å². The van der Waals surface area contributed by atoms with E-state index >= 15 is 0 Å². The minimum atomic E-state index is -4.56. The fourth-order valence-electron chi connectivity index (χ4n) is 4.76. The van der Waals surface area contributed by atoms with Crippen LogP contribution < -0.4 is 4.90 Å². The van der Waals surface area contributed by atoms with Gasteiger partial charge >= 0.3 is 6.18 Å². The van der Waals surface area contributed by atoms with E-state index in [-0.39, 0.29) is 0 Å². The molecule has 0 bridgehead atoms. The molecule has 11 heteroatoms. The van der Waals surface area contributed by atoms with E-state index in [4.69, 9.17) is 33.3 Å². The van der Waals surface area contributed by atoms with Crippen molar-refractivity contribution in [3.63, 3.8) is 0 Å². The zero-order valence-corrected chi connectivity index (χ0v) is 21.7. The van der Waals surface area contributed by atoms with E-state index in [1.807, 2.05) is 35.2 Å². The number of aliphatic hydroxyl groups is 1. The second-order valence-corrected chi connectivity index (χ2v) is 10.1. The molecule has 6 rings (SSSR count). The summed E-state index contributed by atoms with van der Waals surface area (Å²) in [6.45, 7) is 0.965. The summed E-state index contributed by atoms with van der Waals surface area (Å²) in [6, 6.07) is 18.6. The van der Waals surface area contributed by atoms with E-state index in [2.05, 4.69) is 4.98 Å². The fraction of sp³-hybridized carbons (Fsp3) is 0.179. The maximum Gasteiger partial charge on any atom is 0.433 e. The van der Waals surface area contributed by atoms with Crippen molar-refractivity contribution in [2.45, 2.75) is 18.7 Å². The van der Waals surface area contributed by atoms with Gasteiger partial charge in [0.2, 0.25) is 0 Å². The van der Waals surface area contributed by atoms with Crippen LogP contribution in [0.25, 0.3) is 39.3 Å². The number of anilines is 1. The first-order chi connectivity index (χ1) is 18.7. The van der Waals surface area contributed by atoms with Crippen LogP contribution in [-0.4, -0.2) is 43.9 Å². The van der Waals surface area contributed by atoms with Crippen LogP contribution in [-0.2, 0) is 6.18 Å². The Bertz CT molecular complexity index is 1670. The Labute approximate surface area is 231 Å². The molecule has 0 amide bonds. The van der Waals surface area contributed by atoms with Gasteiger partial charge in [0.1, 0.15) is 17.2 Å². The van der Waals surface area contributed by atoms with Crippen molar-refractivity contribution in [3.8, 4) is 33.6 Å². The number of hydrogen-bond acceptors (Lipinski definition) is 5. The van der Waals surface area contributed by atoms with E-state index in [1.165, 1.54) is 12.3 Å². The van der Waals surface area contributed by atoms with Crippen molar-refractivity contribution < 1.29 is 18.3 Å². The second kappa shape index (κ2) is 9.82. The van der Waals surface area contributed by atoms with Gasteiger partial charge in [0.05, 0.1) is 22.4 Å². The largest absolute Gasteiger partial charge is 0.433 e. The Morgan fingerprint density at radius 3 is 2.33 bits per heavy atom. The van der Waals surface area contributed by atoms with Crippen LogP contribution >= 0.6 is 23.2 Å². The fourth-order valence-corrected chi connectivity index (χ4v) is 5.11. The molecule has 1 aliphatic rings. The number of halogens is 5. The van der Waals surface area contributed by atoms with Gasteiger partial charge in [0.25, 0.3) is 0 Å².